The molecule has 0 spiro atoms. The van der Waals surface area contributed by atoms with Crippen molar-refractivity contribution in [2.75, 3.05) is 20.0 Å². The summed E-state index contributed by atoms with van der Waals surface area (Å²) < 4.78 is 21.6. The Hall–Kier alpha value is 0.240. The zero-order valence-electron chi connectivity index (χ0n) is 7.23. The van der Waals surface area contributed by atoms with Gasteiger partial charge in [0.15, 0.2) is 0 Å². The van der Waals surface area contributed by atoms with Crippen molar-refractivity contribution in [1.82, 2.24) is 0 Å². The Bertz CT molecular complexity index is 209. The molecule has 1 aliphatic heterocycles. The van der Waals surface area contributed by atoms with Crippen molar-refractivity contribution in [2.24, 2.45) is 0 Å². The first-order chi connectivity index (χ1) is 5.73. The second-order valence-electron chi connectivity index (χ2n) is 2.40. The first-order valence-electron chi connectivity index (χ1n) is 3.70. The van der Waals surface area contributed by atoms with Crippen molar-refractivity contribution in [3.8, 4) is 0 Å². The third-order valence-electron chi connectivity index (χ3n) is 1.75. The Morgan fingerprint density at radius 1 is 1.42 bits per heavy atom. The summed E-state index contributed by atoms with van der Waals surface area (Å²) >= 11 is 1.62. The van der Waals surface area contributed by atoms with Crippen LogP contribution < -0.4 is 0 Å². The summed E-state index contributed by atoms with van der Waals surface area (Å²) in [6.07, 6.45) is 4.85. The Kier molecular flexibility index (Phi) is 3.84. The van der Waals surface area contributed by atoms with Crippen LogP contribution in [0, 0.1) is 0 Å². The number of thioether (sulfide) groups is 1. The van der Waals surface area contributed by atoms with E-state index >= 15 is 0 Å². The van der Waals surface area contributed by atoms with Gasteiger partial charge in [0.2, 0.25) is 0 Å². The zero-order valence-corrected chi connectivity index (χ0v) is 8.94. The summed E-state index contributed by atoms with van der Waals surface area (Å²) in [6.45, 7) is 0. The number of hydrogen-bond donors (Lipinski definition) is 0. The molecule has 1 rings (SSSR count). The molecule has 1 aliphatic rings. The van der Waals surface area contributed by atoms with E-state index in [1.54, 1.807) is 11.8 Å². The van der Waals surface area contributed by atoms with Crippen LogP contribution in [0.15, 0.2) is 12.2 Å². The topological polar surface area (TPSA) is 35.5 Å². The molecule has 5 heteroatoms. The quantitative estimate of drug-likeness (QED) is 0.527. The fraction of sp³-hybridized carbons (Fsp3) is 0.714. The maximum atomic E-state index is 11.8. The van der Waals surface area contributed by atoms with Crippen LogP contribution >= 0.6 is 19.4 Å². The van der Waals surface area contributed by atoms with Crippen molar-refractivity contribution in [3.63, 3.8) is 0 Å². The van der Waals surface area contributed by atoms with Gasteiger partial charge in [-0.1, -0.05) is 12.2 Å². The van der Waals surface area contributed by atoms with E-state index in [0.717, 1.165) is 12.2 Å². The van der Waals surface area contributed by atoms with Crippen LogP contribution in [-0.4, -0.2) is 25.0 Å². The largest absolute Gasteiger partial charge is 0.343 e. The molecule has 1 atom stereocenters. The van der Waals surface area contributed by atoms with E-state index in [4.69, 9.17) is 9.05 Å². The fourth-order valence-corrected chi connectivity index (χ4v) is 4.27. The van der Waals surface area contributed by atoms with Gasteiger partial charge in [0, 0.05) is 20.0 Å². The SMILES string of the molecule is COP(=O)(OC)C1CC=CCS1. The van der Waals surface area contributed by atoms with Crippen molar-refractivity contribution < 1.29 is 13.6 Å². The predicted molar refractivity (Wildman–Crippen MR) is 51.6 cm³/mol. The Morgan fingerprint density at radius 3 is 2.50 bits per heavy atom. The molecule has 0 aromatic heterocycles. The number of hydrogen-bond acceptors (Lipinski definition) is 4. The monoisotopic (exact) mass is 208 g/mol. The summed E-state index contributed by atoms with van der Waals surface area (Å²) in [5.74, 6) is 0.890. The van der Waals surface area contributed by atoms with E-state index in [-0.39, 0.29) is 4.99 Å². The molecule has 0 aromatic rings. The lowest BCUT2D eigenvalue weighted by molar-refractivity contribution is 0.273. The molecular formula is C7H13O3PS. The van der Waals surface area contributed by atoms with Crippen molar-refractivity contribution in [1.29, 1.82) is 0 Å². The lowest BCUT2D eigenvalue weighted by atomic mass is 10.4. The molecule has 0 bridgehead atoms. The van der Waals surface area contributed by atoms with Gasteiger partial charge in [0.1, 0.15) is 4.99 Å². The first kappa shape index (κ1) is 10.3. The van der Waals surface area contributed by atoms with E-state index in [1.807, 2.05) is 6.08 Å². The van der Waals surface area contributed by atoms with Crippen LogP contribution in [0.4, 0.5) is 0 Å². The number of rotatable bonds is 3. The molecule has 0 N–H and O–H groups in total. The van der Waals surface area contributed by atoms with Crippen LogP contribution in [0.1, 0.15) is 6.42 Å². The normalized spacial score (nSPS) is 24.3. The Morgan fingerprint density at radius 2 is 2.08 bits per heavy atom. The van der Waals surface area contributed by atoms with E-state index < -0.39 is 7.60 Å². The summed E-state index contributed by atoms with van der Waals surface area (Å²) in [5.41, 5.74) is 0. The van der Waals surface area contributed by atoms with Gasteiger partial charge in [-0.05, 0) is 6.42 Å². The molecule has 0 amide bonds. The van der Waals surface area contributed by atoms with Gasteiger partial charge in [-0.3, -0.25) is 4.57 Å². The predicted octanol–water partition coefficient (Wildman–Crippen LogP) is 2.49. The average Bonchev–Trinajstić information content (AvgIpc) is 2.18. The van der Waals surface area contributed by atoms with E-state index in [9.17, 15) is 4.57 Å². The molecule has 0 saturated heterocycles. The number of allylic oxidation sites excluding steroid dienone is 1. The van der Waals surface area contributed by atoms with E-state index in [2.05, 4.69) is 6.08 Å². The Balaban J connectivity index is 2.66. The van der Waals surface area contributed by atoms with Crippen molar-refractivity contribution in [2.45, 2.75) is 11.4 Å². The standard InChI is InChI=1S/C7H13O3PS/c1-9-11(8,10-2)7-5-3-4-6-12-7/h3-4,7H,5-6H2,1-2H3. The zero-order chi connectivity index (χ0) is 9.03. The molecule has 12 heavy (non-hydrogen) atoms. The first-order valence-corrected chi connectivity index (χ1v) is 6.37. The fourth-order valence-electron chi connectivity index (χ4n) is 1.05. The minimum atomic E-state index is -2.84. The maximum Gasteiger partial charge on any atom is 0.343 e. The molecule has 3 nitrogen and oxygen atoms in total. The highest BCUT2D eigenvalue weighted by Gasteiger charge is 2.34. The lowest BCUT2D eigenvalue weighted by Gasteiger charge is -2.24. The molecule has 1 unspecified atom stereocenters. The molecule has 70 valence electrons. The Labute approximate surface area is 77.0 Å². The van der Waals surface area contributed by atoms with Gasteiger partial charge in [-0.2, -0.15) is 0 Å². The maximum absolute atomic E-state index is 11.8. The third kappa shape index (κ3) is 2.13. The van der Waals surface area contributed by atoms with E-state index in [0.29, 0.717) is 0 Å². The van der Waals surface area contributed by atoms with Gasteiger partial charge >= 0.3 is 7.60 Å². The second-order valence-corrected chi connectivity index (χ2v) is 6.42. The van der Waals surface area contributed by atoms with Gasteiger partial charge in [0.05, 0.1) is 0 Å². The van der Waals surface area contributed by atoms with Crippen LogP contribution in [0.2, 0.25) is 0 Å². The highest BCUT2D eigenvalue weighted by atomic mass is 32.2. The second kappa shape index (κ2) is 4.47. The van der Waals surface area contributed by atoms with Crippen LogP contribution in [0.3, 0.4) is 0 Å². The van der Waals surface area contributed by atoms with Crippen LogP contribution in [0.25, 0.3) is 0 Å². The summed E-state index contributed by atoms with van der Waals surface area (Å²) in [4.78, 5) is -0.0301. The van der Waals surface area contributed by atoms with Gasteiger partial charge in [-0.15, -0.1) is 11.8 Å². The third-order valence-corrected chi connectivity index (χ3v) is 5.87. The van der Waals surface area contributed by atoms with E-state index in [1.165, 1.54) is 14.2 Å². The van der Waals surface area contributed by atoms with Crippen LogP contribution in [-0.2, 0) is 13.6 Å². The van der Waals surface area contributed by atoms with Crippen molar-refractivity contribution in [3.05, 3.63) is 12.2 Å². The van der Waals surface area contributed by atoms with Crippen LogP contribution in [0.5, 0.6) is 0 Å². The van der Waals surface area contributed by atoms with Gasteiger partial charge < -0.3 is 9.05 Å². The smallest absolute Gasteiger partial charge is 0.311 e. The molecule has 0 saturated carbocycles. The molecule has 0 aromatic carbocycles. The molecule has 0 fully saturated rings. The highest BCUT2D eigenvalue weighted by molar-refractivity contribution is 8.05. The highest BCUT2D eigenvalue weighted by Crippen LogP contribution is 2.57. The van der Waals surface area contributed by atoms with Gasteiger partial charge in [-0.25, -0.2) is 0 Å². The minimum Gasteiger partial charge on any atom is -0.311 e. The molecule has 1 heterocycles. The molecule has 0 radical (unpaired) electrons. The van der Waals surface area contributed by atoms with Gasteiger partial charge in [0.25, 0.3) is 0 Å². The minimum absolute atomic E-state index is 0.0301. The molecule has 0 aliphatic carbocycles. The summed E-state index contributed by atoms with van der Waals surface area (Å²) in [5, 5.41) is 0. The van der Waals surface area contributed by atoms with Crippen molar-refractivity contribution >= 4 is 19.4 Å². The summed E-state index contributed by atoms with van der Waals surface area (Å²) in [7, 11) is 0.0225. The summed E-state index contributed by atoms with van der Waals surface area (Å²) in [6, 6.07) is 0. The molecular weight excluding hydrogens is 195 g/mol. The average molecular weight is 208 g/mol. The lowest BCUT2D eigenvalue weighted by Crippen LogP contribution is -2.09.